The number of aryl methyl sites for hydroxylation is 2. The van der Waals surface area contributed by atoms with E-state index in [1.807, 2.05) is 5.38 Å². The zero-order chi connectivity index (χ0) is 24.4. The SMILES string of the molecule is CC(C)c1csc(CCc2cc3nc(N4CCCC(O)C4)c(/C=C/C(=O)O)c(=O)n3cc2F)n1. The Morgan fingerprint density at radius 1 is 1.35 bits per heavy atom. The minimum absolute atomic E-state index is 0.0464. The zero-order valence-electron chi connectivity index (χ0n) is 19.1. The predicted octanol–water partition coefficient (Wildman–Crippen LogP) is 3.26. The number of anilines is 1. The largest absolute Gasteiger partial charge is 0.478 e. The van der Waals surface area contributed by atoms with Crippen molar-refractivity contribution in [3.63, 3.8) is 0 Å². The third-order valence-electron chi connectivity index (χ3n) is 5.87. The van der Waals surface area contributed by atoms with Crippen molar-refractivity contribution in [1.82, 2.24) is 14.4 Å². The molecule has 3 aromatic rings. The molecule has 0 bridgehead atoms. The van der Waals surface area contributed by atoms with Crippen LogP contribution in [0.5, 0.6) is 0 Å². The van der Waals surface area contributed by atoms with Crippen LogP contribution in [0.2, 0.25) is 0 Å². The fraction of sp³-hybridized carbons (Fsp3) is 0.417. The normalized spacial score (nSPS) is 16.7. The molecular formula is C24H27FN4O4S. The van der Waals surface area contributed by atoms with Gasteiger partial charge in [0.25, 0.3) is 5.56 Å². The lowest BCUT2D eigenvalue weighted by Gasteiger charge is -2.32. The maximum Gasteiger partial charge on any atom is 0.328 e. The number of aliphatic hydroxyl groups excluding tert-OH is 1. The van der Waals surface area contributed by atoms with Crippen LogP contribution in [0.1, 0.15) is 54.4 Å². The molecule has 10 heteroatoms. The highest BCUT2D eigenvalue weighted by Crippen LogP contribution is 2.24. The molecule has 0 saturated carbocycles. The summed E-state index contributed by atoms with van der Waals surface area (Å²) in [6, 6.07) is 1.56. The molecule has 0 radical (unpaired) electrons. The molecule has 0 aliphatic carbocycles. The Morgan fingerprint density at radius 3 is 2.82 bits per heavy atom. The number of carbonyl (C=O) groups is 1. The number of hydrogen-bond acceptors (Lipinski definition) is 7. The molecule has 2 N–H and O–H groups in total. The van der Waals surface area contributed by atoms with Gasteiger partial charge in [0, 0.05) is 31.0 Å². The minimum atomic E-state index is -1.21. The molecule has 0 aromatic carbocycles. The summed E-state index contributed by atoms with van der Waals surface area (Å²) in [5.41, 5.74) is 1.19. The number of aliphatic hydroxyl groups is 1. The Morgan fingerprint density at radius 2 is 2.15 bits per heavy atom. The summed E-state index contributed by atoms with van der Waals surface area (Å²) < 4.78 is 16.0. The van der Waals surface area contributed by atoms with Crippen molar-refractivity contribution < 1.29 is 19.4 Å². The summed E-state index contributed by atoms with van der Waals surface area (Å²) in [5.74, 6) is -1.13. The number of carboxylic acid groups (broad SMARTS) is 1. The predicted molar refractivity (Wildman–Crippen MR) is 129 cm³/mol. The fourth-order valence-corrected chi connectivity index (χ4v) is 4.99. The highest BCUT2D eigenvalue weighted by molar-refractivity contribution is 7.09. The molecule has 4 heterocycles. The van der Waals surface area contributed by atoms with Gasteiger partial charge in [0.05, 0.1) is 28.6 Å². The van der Waals surface area contributed by atoms with Crippen LogP contribution in [0.25, 0.3) is 11.7 Å². The zero-order valence-corrected chi connectivity index (χ0v) is 19.9. The van der Waals surface area contributed by atoms with E-state index in [0.29, 0.717) is 49.5 Å². The second kappa shape index (κ2) is 10.0. The average Bonchev–Trinajstić information content (AvgIpc) is 3.27. The first-order valence-corrected chi connectivity index (χ1v) is 12.1. The summed E-state index contributed by atoms with van der Waals surface area (Å²) >= 11 is 1.55. The molecule has 1 aliphatic rings. The number of carboxylic acids is 1. The van der Waals surface area contributed by atoms with Gasteiger partial charge in [-0.3, -0.25) is 9.20 Å². The summed E-state index contributed by atoms with van der Waals surface area (Å²) in [7, 11) is 0. The Hall–Kier alpha value is -3.11. The van der Waals surface area contributed by atoms with Gasteiger partial charge in [0.1, 0.15) is 17.3 Å². The van der Waals surface area contributed by atoms with E-state index in [4.69, 9.17) is 5.11 Å². The number of halogens is 1. The number of piperidine rings is 1. The van der Waals surface area contributed by atoms with Crippen molar-refractivity contribution >= 4 is 34.8 Å². The topological polar surface area (TPSA) is 108 Å². The molecule has 3 aromatic heterocycles. The standard InChI is InChI=1S/C24H27FN4O4S/c1-14(2)19-13-34-21(26-19)7-5-15-10-20-27-23(28-9-3-4-16(30)11-28)17(6-8-22(31)32)24(33)29(20)12-18(15)25/h6,8,10,12-14,16,30H,3-5,7,9,11H2,1-2H3,(H,31,32)/b8-6+. The van der Waals surface area contributed by atoms with Crippen LogP contribution < -0.4 is 10.5 Å². The third-order valence-corrected chi connectivity index (χ3v) is 6.79. The van der Waals surface area contributed by atoms with Gasteiger partial charge in [-0.05, 0) is 42.9 Å². The number of hydrogen-bond donors (Lipinski definition) is 2. The van der Waals surface area contributed by atoms with Crippen LogP contribution in [-0.4, -0.2) is 49.7 Å². The van der Waals surface area contributed by atoms with E-state index in [0.717, 1.165) is 27.4 Å². The van der Waals surface area contributed by atoms with Gasteiger partial charge in [0.15, 0.2) is 0 Å². The van der Waals surface area contributed by atoms with Crippen LogP contribution in [-0.2, 0) is 17.6 Å². The Kier molecular flexibility index (Phi) is 7.08. The van der Waals surface area contributed by atoms with Crippen molar-refractivity contribution in [2.75, 3.05) is 18.0 Å². The van der Waals surface area contributed by atoms with Gasteiger partial charge >= 0.3 is 5.97 Å². The smallest absolute Gasteiger partial charge is 0.328 e. The van der Waals surface area contributed by atoms with Gasteiger partial charge in [0.2, 0.25) is 0 Å². The van der Waals surface area contributed by atoms with E-state index in [2.05, 4.69) is 23.8 Å². The number of fused-ring (bicyclic) bond motifs is 1. The molecule has 1 atom stereocenters. The van der Waals surface area contributed by atoms with Crippen molar-refractivity contribution in [3.05, 3.63) is 61.7 Å². The number of aliphatic carboxylic acids is 1. The maximum atomic E-state index is 14.9. The molecule has 34 heavy (non-hydrogen) atoms. The summed E-state index contributed by atoms with van der Waals surface area (Å²) in [6.07, 6.45) is 4.91. The Balaban J connectivity index is 1.73. The van der Waals surface area contributed by atoms with Crippen molar-refractivity contribution in [2.45, 2.75) is 51.6 Å². The van der Waals surface area contributed by atoms with Gasteiger partial charge in [-0.1, -0.05) is 13.8 Å². The van der Waals surface area contributed by atoms with Gasteiger partial charge < -0.3 is 15.1 Å². The summed E-state index contributed by atoms with van der Waals surface area (Å²) in [4.78, 5) is 35.3. The summed E-state index contributed by atoms with van der Waals surface area (Å²) in [6.45, 7) is 5.00. The Labute approximate surface area is 200 Å². The molecular weight excluding hydrogens is 459 g/mol. The number of rotatable bonds is 7. The number of thiazole rings is 1. The van der Waals surface area contributed by atoms with Gasteiger partial charge in [-0.25, -0.2) is 19.2 Å². The molecule has 1 unspecified atom stereocenters. The second-order valence-electron chi connectivity index (χ2n) is 8.76. The van der Waals surface area contributed by atoms with E-state index in [1.54, 1.807) is 22.3 Å². The highest BCUT2D eigenvalue weighted by Gasteiger charge is 2.24. The van der Waals surface area contributed by atoms with E-state index < -0.39 is 23.4 Å². The third kappa shape index (κ3) is 5.18. The van der Waals surface area contributed by atoms with E-state index in [9.17, 15) is 19.1 Å². The second-order valence-corrected chi connectivity index (χ2v) is 9.71. The highest BCUT2D eigenvalue weighted by atomic mass is 32.1. The minimum Gasteiger partial charge on any atom is -0.478 e. The fourth-order valence-electron chi connectivity index (χ4n) is 4.03. The molecule has 1 aliphatic heterocycles. The lowest BCUT2D eigenvalue weighted by Crippen LogP contribution is -2.40. The monoisotopic (exact) mass is 486 g/mol. The number of β-amino-alcohol motifs (C(OH)–C–C–N with tert-alkyl or cyclic N) is 1. The van der Waals surface area contributed by atoms with Crippen LogP contribution in [0, 0.1) is 5.82 Å². The van der Waals surface area contributed by atoms with Crippen molar-refractivity contribution in [1.29, 1.82) is 0 Å². The molecule has 0 amide bonds. The van der Waals surface area contributed by atoms with E-state index >= 15 is 0 Å². The lowest BCUT2D eigenvalue weighted by atomic mass is 10.1. The molecule has 0 spiro atoms. The Bertz CT molecular complexity index is 1300. The molecule has 1 fully saturated rings. The van der Waals surface area contributed by atoms with Crippen molar-refractivity contribution in [3.8, 4) is 0 Å². The molecule has 8 nitrogen and oxygen atoms in total. The first-order valence-electron chi connectivity index (χ1n) is 11.3. The first kappa shape index (κ1) is 24.0. The first-order chi connectivity index (χ1) is 16.2. The van der Waals surface area contributed by atoms with Crippen LogP contribution in [0.15, 0.2) is 28.5 Å². The van der Waals surface area contributed by atoms with E-state index in [1.165, 1.54) is 6.08 Å². The lowest BCUT2D eigenvalue weighted by molar-refractivity contribution is -0.131. The maximum absolute atomic E-state index is 14.9. The van der Waals surface area contributed by atoms with Crippen LogP contribution in [0.3, 0.4) is 0 Å². The average molecular weight is 487 g/mol. The van der Waals surface area contributed by atoms with Crippen LogP contribution >= 0.6 is 11.3 Å². The molecule has 180 valence electrons. The van der Waals surface area contributed by atoms with Gasteiger partial charge in [-0.2, -0.15) is 0 Å². The van der Waals surface area contributed by atoms with Crippen molar-refractivity contribution in [2.24, 2.45) is 0 Å². The molecule has 4 rings (SSSR count). The quantitative estimate of drug-likeness (QED) is 0.494. The van der Waals surface area contributed by atoms with Gasteiger partial charge in [-0.15, -0.1) is 11.3 Å². The number of pyridine rings is 1. The number of nitrogens with zero attached hydrogens (tertiary/aromatic N) is 4. The number of aromatic nitrogens is 3. The van der Waals surface area contributed by atoms with E-state index in [-0.39, 0.29) is 17.8 Å². The molecule has 1 saturated heterocycles. The summed E-state index contributed by atoms with van der Waals surface area (Å²) in [5, 5.41) is 22.1. The van der Waals surface area contributed by atoms with Crippen LogP contribution in [0.4, 0.5) is 10.2 Å².